The summed E-state index contributed by atoms with van der Waals surface area (Å²) in [6.07, 6.45) is 7.29. The van der Waals surface area contributed by atoms with Gasteiger partial charge in [0.05, 0.1) is 13.1 Å². The molecule has 2 saturated heterocycles. The molecule has 0 aromatic rings. The maximum atomic E-state index is 12.3. The number of likely N-dealkylation sites (tertiary alicyclic amines) is 1. The van der Waals surface area contributed by atoms with E-state index in [1.165, 1.54) is 25.7 Å². The lowest BCUT2D eigenvalue weighted by Gasteiger charge is -2.34. The van der Waals surface area contributed by atoms with Gasteiger partial charge in [0.2, 0.25) is 5.91 Å². The molecule has 0 atom stereocenters. The van der Waals surface area contributed by atoms with E-state index >= 15 is 0 Å². The number of quaternary nitrogens is 1. The fraction of sp³-hybridized carbons (Fsp3) is 0.929. The number of piperidine rings is 2. The Morgan fingerprint density at radius 3 is 2.41 bits per heavy atom. The fourth-order valence-electron chi connectivity index (χ4n) is 3.28. The maximum Gasteiger partial charge on any atom is 0.226 e. The van der Waals surface area contributed by atoms with Crippen LogP contribution in [0.3, 0.4) is 0 Å². The molecule has 0 unspecified atom stereocenters. The van der Waals surface area contributed by atoms with Crippen LogP contribution in [0.25, 0.3) is 0 Å². The lowest BCUT2D eigenvalue weighted by Crippen LogP contribution is -2.86. The zero-order valence-electron chi connectivity index (χ0n) is 11.2. The molecule has 2 fully saturated rings. The molecule has 2 rings (SSSR count). The highest BCUT2D eigenvalue weighted by Crippen LogP contribution is 2.24. The zero-order chi connectivity index (χ0) is 12.1. The molecule has 2 aliphatic rings. The quantitative estimate of drug-likeness (QED) is 0.784. The largest absolute Gasteiger partial charge is 0.346 e. The maximum absolute atomic E-state index is 12.3. The van der Waals surface area contributed by atoms with Gasteiger partial charge in [0.25, 0.3) is 0 Å². The highest BCUT2D eigenvalue weighted by molar-refractivity contribution is 5.79. The molecule has 3 heteroatoms. The van der Waals surface area contributed by atoms with Crippen LogP contribution in [-0.4, -0.2) is 37.0 Å². The van der Waals surface area contributed by atoms with E-state index in [1.54, 1.807) is 0 Å². The summed E-state index contributed by atoms with van der Waals surface area (Å²) in [5.41, 5.74) is 0. The number of hydrogen-bond donors (Lipinski definition) is 1. The summed E-state index contributed by atoms with van der Waals surface area (Å²) in [7, 11) is 0. The fourth-order valence-corrected chi connectivity index (χ4v) is 3.28. The Morgan fingerprint density at radius 2 is 1.82 bits per heavy atom. The van der Waals surface area contributed by atoms with Crippen LogP contribution in [0.15, 0.2) is 0 Å². The van der Waals surface area contributed by atoms with Gasteiger partial charge in [-0.1, -0.05) is 19.8 Å². The van der Waals surface area contributed by atoms with Gasteiger partial charge in [-0.05, 0) is 18.8 Å². The van der Waals surface area contributed by atoms with Gasteiger partial charge in [-0.25, -0.2) is 0 Å². The predicted molar refractivity (Wildman–Crippen MR) is 68.6 cm³/mol. The second kappa shape index (κ2) is 6.39. The molecule has 0 aromatic carbocycles. The lowest BCUT2D eigenvalue weighted by molar-refractivity contribution is -0.664. The molecule has 2 heterocycles. The van der Waals surface area contributed by atoms with E-state index in [-0.39, 0.29) is 0 Å². The van der Waals surface area contributed by atoms with E-state index < -0.39 is 0 Å². The second-order valence-electron chi connectivity index (χ2n) is 5.70. The van der Waals surface area contributed by atoms with Crippen molar-refractivity contribution in [3.8, 4) is 0 Å². The van der Waals surface area contributed by atoms with Crippen molar-refractivity contribution in [1.82, 2.24) is 4.90 Å². The van der Waals surface area contributed by atoms with Crippen molar-refractivity contribution < 1.29 is 10.1 Å². The first-order chi connectivity index (χ1) is 8.31. The summed E-state index contributed by atoms with van der Waals surface area (Å²) in [6, 6.07) is 0. The van der Waals surface area contributed by atoms with Crippen molar-refractivity contribution in [3.05, 3.63) is 0 Å². The Hall–Kier alpha value is -0.570. The monoisotopic (exact) mass is 239 g/mol. The molecule has 98 valence electrons. The average molecular weight is 239 g/mol. The normalized spacial score (nSPS) is 23.9. The van der Waals surface area contributed by atoms with Crippen LogP contribution in [-0.2, 0) is 4.79 Å². The molecule has 0 saturated carbocycles. The third-order valence-corrected chi connectivity index (χ3v) is 4.41. The number of nitrogens with two attached hydrogens (primary N) is 1. The second-order valence-corrected chi connectivity index (χ2v) is 5.70. The summed E-state index contributed by atoms with van der Waals surface area (Å²) in [5.74, 6) is 1.67. The standard InChI is InChI=1S/C14H26N2O/c1-2-3-12-6-10-16(11-7-12)14(17)13-4-8-15-9-5-13/h12-13,15H,2-11H2,1H3/p+1. The van der Waals surface area contributed by atoms with Gasteiger partial charge in [-0.3, -0.25) is 4.79 Å². The van der Waals surface area contributed by atoms with Crippen LogP contribution < -0.4 is 5.32 Å². The van der Waals surface area contributed by atoms with Crippen LogP contribution in [0, 0.1) is 11.8 Å². The van der Waals surface area contributed by atoms with Crippen LogP contribution in [0.5, 0.6) is 0 Å². The molecule has 0 spiro atoms. The summed E-state index contributed by atoms with van der Waals surface area (Å²) in [4.78, 5) is 14.5. The van der Waals surface area contributed by atoms with E-state index in [0.29, 0.717) is 11.8 Å². The van der Waals surface area contributed by atoms with E-state index in [4.69, 9.17) is 0 Å². The minimum atomic E-state index is 0.336. The van der Waals surface area contributed by atoms with E-state index in [9.17, 15) is 4.79 Å². The minimum absolute atomic E-state index is 0.336. The Morgan fingerprint density at radius 1 is 1.18 bits per heavy atom. The molecule has 17 heavy (non-hydrogen) atoms. The van der Waals surface area contributed by atoms with Gasteiger partial charge in [0.1, 0.15) is 0 Å². The first kappa shape index (κ1) is 12.9. The average Bonchev–Trinajstić information content (AvgIpc) is 2.40. The molecule has 2 N–H and O–H groups in total. The summed E-state index contributed by atoms with van der Waals surface area (Å²) in [5, 5.41) is 2.33. The van der Waals surface area contributed by atoms with Crippen LogP contribution in [0.1, 0.15) is 45.4 Å². The minimum Gasteiger partial charge on any atom is -0.346 e. The van der Waals surface area contributed by atoms with Crippen molar-refractivity contribution in [3.63, 3.8) is 0 Å². The Kier molecular flexibility index (Phi) is 4.84. The number of hydrogen-bond acceptors (Lipinski definition) is 1. The van der Waals surface area contributed by atoms with Crippen molar-refractivity contribution in [2.45, 2.75) is 45.4 Å². The van der Waals surface area contributed by atoms with Crippen molar-refractivity contribution >= 4 is 5.91 Å². The third-order valence-electron chi connectivity index (χ3n) is 4.41. The molecular weight excluding hydrogens is 212 g/mol. The lowest BCUT2D eigenvalue weighted by atomic mass is 9.90. The van der Waals surface area contributed by atoms with Crippen LogP contribution >= 0.6 is 0 Å². The molecule has 0 aliphatic carbocycles. The molecule has 0 radical (unpaired) electrons. The third kappa shape index (κ3) is 3.44. The van der Waals surface area contributed by atoms with Crippen LogP contribution in [0.4, 0.5) is 0 Å². The Bertz CT molecular complexity index is 241. The number of rotatable bonds is 3. The number of carbonyl (C=O) groups excluding carboxylic acids is 1. The van der Waals surface area contributed by atoms with Crippen molar-refractivity contribution in [1.29, 1.82) is 0 Å². The SMILES string of the molecule is CCCC1CCN(C(=O)C2CC[NH2+]CC2)CC1. The van der Waals surface area contributed by atoms with Gasteiger partial charge in [0.15, 0.2) is 0 Å². The molecule has 0 bridgehead atoms. The predicted octanol–water partition coefficient (Wildman–Crippen LogP) is 0.999. The smallest absolute Gasteiger partial charge is 0.226 e. The van der Waals surface area contributed by atoms with E-state index in [0.717, 1.165) is 44.9 Å². The first-order valence-corrected chi connectivity index (χ1v) is 7.41. The Balaban J connectivity index is 1.77. The Labute approximate surface area is 105 Å². The summed E-state index contributed by atoms with van der Waals surface area (Å²) in [6.45, 7) is 6.58. The van der Waals surface area contributed by atoms with Gasteiger partial charge < -0.3 is 10.2 Å². The van der Waals surface area contributed by atoms with Gasteiger partial charge in [0, 0.05) is 31.8 Å². The molecule has 3 nitrogen and oxygen atoms in total. The molecule has 1 amide bonds. The highest BCUT2D eigenvalue weighted by atomic mass is 16.2. The zero-order valence-corrected chi connectivity index (χ0v) is 11.2. The number of nitrogens with zero attached hydrogens (tertiary/aromatic N) is 1. The first-order valence-electron chi connectivity index (χ1n) is 7.41. The van der Waals surface area contributed by atoms with Crippen LogP contribution in [0.2, 0.25) is 0 Å². The van der Waals surface area contributed by atoms with Gasteiger partial charge in [-0.2, -0.15) is 0 Å². The molecule has 0 aromatic heterocycles. The number of carbonyl (C=O) groups is 1. The van der Waals surface area contributed by atoms with E-state index in [1.807, 2.05) is 0 Å². The van der Waals surface area contributed by atoms with Crippen molar-refractivity contribution in [2.24, 2.45) is 11.8 Å². The number of amides is 1. The molecular formula is C14H27N2O+. The van der Waals surface area contributed by atoms with Gasteiger partial charge in [-0.15, -0.1) is 0 Å². The van der Waals surface area contributed by atoms with E-state index in [2.05, 4.69) is 17.1 Å². The van der Waals surface area contributed by atoms with Gasteiger partial charge >= 0.3 is 0 Å². The summed E-state index contributed by atoms with van der Waals surface area (Å²) >= 11 is 0. The summed E-state index contributed by atoms with van der Waals surface area (Å²) < 4.78 is 0. The van der Waals surface area contributed by atoms with Crippen molar-refractivity contribution in [2.75, 3.05) is 26.2 Å². The highest BCUT2D eigenvalue weighted by Gasteiger charge is 2.29. The topological polar surface area (TPSA) is 36.9 Å². The molecule has 2 aliphatic heterocycles.